The average Bonchev–Trinajstić information content (AvgIpc) is 3.25. The molecule has 0 radical (unpaired) electrons. The van der Waals surface area contributed by atoms with Crippen molar-refractivity contribution in [2.75, 3.05) is 39.3 Å². The van der Waals surface area contributed by atoms with E-state index in [-0.39, 0.29) is 0 Å². The van der Waals surface area contributed by atoms with E-state index in [0.717, 1.165) is 45.1 Å². The number of aromatic amines is 1. The lowest BCUT2D eigenvalue weighted by Crippen LogP contribution is -2.53. The molecule has 2 fully saturated rings. The van der Waals surface area contributed by atoms with Gasteiger partial charge in [-0.05, 0) is 49.9 Å². The van der Waals surface area contributed by atoms with Crippen LogP contribution in [0.1, 0.15) is 30.7 Å². The minimum atomic E-state index is 0.303. The molecule has 0 bridgehead atoms. The maximum Gasteiger partial charge on any atom is 0.120 e. The van der Waals surface area contributed by atoms with Crippen LogP contribution in [0.3, 0.4) is 0 Å². The van der Waals surface area contributed by atoms with Crippen molar-refractivity contribution in [1.82, 2.24) is 19.8 Å². The lowest BCUT2D eigenvalue weighted by atomic mass is 9.64. The lowest BCUT2D eigenvalue weighted by Gasteiger charge is -2.51. The Bertz CT molecular complexity index is 735. The minimum Gasteiger partial charge on any atom is -0.396 e. The summed E-state index contributed by atoms with van der Waals surface area (Å²) in [5.41, 5.74) is 1.56. The predicted molar refractivity (Wildman–Crippen MR) is 113 cm³/mol. The maximum absolute atomic E-state index is 10.1. The Morgan fingerprint density at radius 3 is 2.54 bits per heavy atom. The first kappa shape index (κ1) is 19.4. The molecule has 2 aliphatic rings. The molecule has 1 aromatic carbocycles. The van der Waals surface area contributed by atoms with E-state index in [1.54, 1.807) is 0 Å². The van der Waals surface area contributed by atoms with Gasteiger partial charge in [-0.3, -0.25) is 9.80 Å². The molecular weight excluding hydrogens is 348 g/mol. The summed E-state index contributed by atoms with van der Waals surface area (Å²) < 4.78 is 0. The summed E-state index contributed by atoms with van der Waals surface area (Å²) >= 11 is 0. The van der Waals surface area contributed by atoms with Gasteiger partial charge >= 0.3 is 0 Å². The van der Waals surface area contributed by atoms with Gasteiger partial charge in [0.1, 0.15) is 5.82 Å². The van der Waals surface area contributed by atoms with Crippen molar-refractivity contribution < 1.29 is 5.11 Å². The number of benzene rings is 1. The van der Waals surface area contributed by atoms with Crippen molar-refractivity contribution in [3.63, 3.8) is 0 Å². The van der Waals surface area contributed by atoms with E-state index < -0.39 is 0 Å². The van der Waals surface area contributed by atoms with Gasteiger partial charge < -0.3 is 10.1 Å². The third-order valence-corrected chi connectivity index (χ3v) is 6.74. The molecule has 0 amide bonds. The van der Waals surface area contributed by atoms with Crippen LogP contribution in [0.2, 0.25) is 0 Å². The lowest BCUT2D eigenvalue weighted by molar-refractivity contribution is -0.0404. The van der Waals surface area contributed by atoms with E-state index >= 15 is 0 Å². The Hall–Kier alpha value is -1.95. The number of nitrogens with one attached hydrogen (secondary N) is 1. The van der Waals surface area contributed by atoms with Crippen LogP contribution < -0.4 is 0 Å². The molecule has 2 saturated heterocycles. The monoisotopic (exact) mass is 380 g/mol. The summed E-state index contributed by atoms with van der Waals surface area (Å²) in [4.78, 5) is 12.6. The van der Waals surface area contributed by atoms with E-state index in [1.165, 1.54) is 24.8 Å². The second-order valence-electron chi connectivity index (χ2n) is 8.38. The Morgan fingerprint density at radius 1 is 1.11 bits per heavy atom. The number of nitrogens with zero attached hydrogens (tertiary/aromatic N) is 3. The summed E-state index contributed by atoms with van der Waals surface area (Å²) in [5.74, 6) is 1.44. The van der Waals surface area contributed by atoms with Gasteiger partial charge in [-0.15, -0.1) is 0 Å². The van der Waals surface area contributed by atoms with Crippen molar-refractivity contribution >= 4 is 6.08 Å². The number of piperidine rings is 2. The number of hydrogen-bond acceptors (Lipinski definition) is 4. The second kappa shape index (κ2) is 9.03. The third-order valence-electron chi connectivity index (χ3n) is 6.74. The number of rotatable bonds is 6. The summed E-state index contributed by atoms with van der Waals surface area (Å²) in [7, 11) is 0. The van der Waals surface area contributed by atoms with Crippen LogP contribution in [0.4, 0.5) is 0 Å². The molecule has 5 heteroatoms. The first-order valence-corrected chi connectivity index (χ1v) is 10.5. The van der Waals surface area contributed by atoms with Crippen LogP contribution in [0.15, 0.2) is 48.8 Å². The predicted octanol–water partition coefficient (Wildman–Crippen LogP) is 3.02. The van der Waals surface area contributed by atoms with Gasteiger partial charge in [0.2, 0.25) is 0 Å². The van der Waals surface area contributed by atoms with E-state index in [9.17, 15) is 5.11 Å². The van der Waals surface area contributed by atoms with Crippen LogP contribution in [-0.4, -0.2) is 64.2 Å². The third kappa shape index (κ3) is 4.54. The fourth-order valence-corrected chi connectivity index (χ4v) is 4.91. The number of likely N-dealkylation sites (tertiary alicyclic amines) is 2. The summed E-state index contributed by atoms with van der Waals surface area (Å²) in [6, 6.07) is 10.5. The highest BCUT2D eigenvalue weighted by Crippen LogP contribution is 2.45. The van der Waals surface area contributed by atoms with Crippen molar-refractivity contribution in [1.29, 1.82) is 0 Å². The highest BCUT2D eigenvalue weighted by Gasteiger charge is 2.44. The van der Waals surface area contributed by atoms with Crippen LogP contribution in [-0.2, 0) is 6.54 Å². The number of imidazole rings is 1. The van der Waals surface area contributed by atoms with Crippen LogP contribution in [0.25, 0.3) is 6.08 Å². The van der Waals surface area contributed by atoms with Gasteiger partial charge in [-0.25, -0.2) is 4.98 Å². The molecule has 1 spiro atoms. The highest BCUT2D eigenvalue weighted by atomic mass is 16.3. The average molecular weight is 381 g/mol. The molecule has 3 heterocycles. The molecule has 2 N–H and O–H groups in total. The Kier molecular flexibility index (Phi) is 6.25. The first-order valence-electron chi connectivity index (χ1n) is 10.5. The van der Waals surface area contributed by atoms with Gasteiger partial charge in [-0.1, -0.05) is 42.5 Å². The van der Waals surface area contributed by atoms with Gasteiger partial charge in [0.15, 0.2) is 0 Å². The van der Waals surface area contributed by atoms with Gasteiger partial charge in [-0.2, -0.15) is 0 Å². The Labute approximate surface area is 168 Å². The fraction of sp³-hybridized carbons (Fsp3) is 0.522. The molecule has 0 unspecified atom stereocenters. The molecule has 1 atom stereocenters. The number of hydrogen-bond donors (Lipinski definition) is 2. The van der Waals surface area contributed by atoms with Gasteiger partial charge in [0.05, 0.1) is 6.54 Å². The van der Waals surface area contributed by atoms with Crippen molar-refractivity contribution in [2.24, 2.45) is 11.3 Å². The van der Waals surface area contributed by atoms with E-state index in [4.69, 9.17) is 0 Å². The van der Waals surface area contributed by atoms with Crippen molar-refractivity contribution in [3.05, 3.63) is 60.2 Å². The molecule has 1 aromatic heterocycles. The fourth-order valence-electron chi connectivity index (χ4n) is 4.91. The second-order valence-corrected chi connectivity index (χ2v) is 8.38. The molecule has 2 aliphatic heterocycles. The molecule has 0 saturated carbocycles. The first-order chi connectivity index (χ1) is 13.8. The number of aliphatic hydroxyl groups is 1. The smallest absolute Gasteiger partial charge is 0.120 e. The van der Waals surface area contributed by atoms with E-state index in [1.807, 2.05) is 18.5 Å². The topological polar surface area (TPSA) is 55.4 Å². The highest BCUT2D eigenvalue weighted by molar-refractivity contribution is 5.48. The molecule has 5 nitrogen and oxygen atoms in total. The number of aliphatic hydroxyl groups excluding tert-OH is 1. The summed E-state index contributed by atoms with van der Waals surface area (Å²) in [5, 5.41) is 10.1. The molecule has 28 heavy (non-hydrogen) atoms. The van der Waals surface area contributed by atoms with E-state index in [2.05, 4.69) is 56.2 Å². The van der Waals surface area contributed by atoms with E-state index in [0.29, 0.717) is 17.9 Å². The zero-order valence-electron chi connectivity index (χ0n) is 16.6. The molecule has 150 valence electrons. The zero-order valence-corrected chi connectivity index (χ0v) is 16.6. The van der Waals surface area contributed by atoms with Gasteiger partial charge in [0.25, 0.3) is 0 Å². The SMILES string of the molecule is OC[C@H]1CN(C/C=C/c2ccccc2)CCC12CCN(Cc1ncc[nH]1)CC2. The normalized spacial score (nSPS) is 23.5. The largest absolute Gasteiger partial charge is 0.396 e. The van der Waals surface area contributed by atoms with Gasteiger partial charge in [0, 0.05) is 38.0 Å². The molecule has 2 aromatic rings. The van der Waals surface area contributed by atoms with Crippen LogP contribution >= 0.6 is 0 Å². The molecule has 0 aliphatic carbocycles. The minimum absolute atomic E-state index is 0.303. The standard InChI is InChI=1S/C23H32N4O/c28-19-21-17-26(13-4-7-20-5-2-1-3-6-20)14-8-23(21)9-15-27(16-10-23)18-22-24-11-12-25-22/h1-7,11-12,21,28H,8-10,13-19H2,(H,24,25)/b7-4+/t21-/m1/s1. The van der Waals surface area contributed by atoms with Crippen molar-refractivity contribution in [3.8, 4) is 0 Å². The molecular formula is C23H32N4O. The number of H-pyrrole nitrogens is 1. The van der Waals surface area contributed by atoms with Crippen LogP contribution in [0.5, 0.6) is 0 Å². The Morgan fingerprint density at radius 2 is 1.86 bits per heavy atom. The Balaban J connectivity index is 1.29. The quantitative estimate of drug-likeness (QED) is 0.809. The number of aromatic nitrogens is 2. The summed E-state index contributed by atoms with van der Waals surface area (Å²) in [6.07, 6.45) is 11.7. The zero-order chi connectivity index (χ0) is 19.2. The molecule has 4 rings (SSSR count). The maximum atomic E-state index is 10.1. The van der Waals surface area contributed by atoms with Crippen molar-refractivity contribution in [2.45, 2.75) is 25.8 Å². The summed E-state index contributed by atoms with van der Waals surface area (Å²) in [6.45, 7) is 6.52. The van der Waals surface area contributed by atoms with Crippen LogP contribution in [0, 0.1) is 11.3 Å².